The molecule has 0 spiro atoms. The number of fused-ring (bicyclic) bond motifs is 2. The molecule has 304 valence electrons. The van der Waals surface area contributed by atoms with E-state index in [2.05, 4.69) is 69.1 Å². The fourth-order valence-corrected chi connectivity index (χ4v) is 9.76. The summed E-state index contributed by atoms with van der Waals surface area (Å²) < 4.78 is 4.80. The summed E-state index contributed by atoms with van der Waals surface area (Å²) >= 11 is 0. The standard InChI is InChI=1S/C44H52N8O6/c1-21(2)37(49-43(55)56)41(53)51-33-14-27(33)16-35(51)39-45-19-31(47-39)25-10-6-23(7-11-25)29-18-30(29)24-8-12-26(13-9-24)32-20-46-40(48-32)36-17-28-15-34(28)52(36)42(54)38(22(3)4)50-44(57)58-5/h6-13,19-22,27-30,33-38,49H,14-18H2,1-5H3,(H,45,47)(H,46,48)(H,50,57)(H,55,56)/t27-,28+,29-,30-,33-,34-,35+,36+,37+,38+/m1/s1. The van der Waals surface area contributed by atoms with E-state index in [1.54, 1.807) is 0 Å². The number of amides is 4. The highest BCUT2D eigenvalue weighted by Gasteiger charge is 2.57. The van der Waals surface area contributed by atoms with Crippen molar-refractivity contribution in [3.63, 3.8) is 0 Å². The molecule has 10 atom stereocenters. The number of piperidine rings is 2. The third-order valence-electron chi connectivity index (χ3n) is 13.2. The Hall–Kier alpha value is -5.66. The SMILES string of the molecule is COC(=O)N[C@H](C(=O)N1[C@@H]2C[C@H]2C[C@H]1c1ncc(-c2ccc([C@H]3C[C@@H]3c3ccc(-c4cnc([C@@H]5C[C@H]6C[C@H]6N5C(=O)[C@@H](NC(=O)O)C(C)C)[nH]4)cc3)cc2)[nH]1)C(C)C. The van der Waals surface area contributed by atoms with Crippen LogP contribution in [-0.4, -0.2) is 90.1 Å². The number of hydrogen-bond donors (Lipinski definition) is 5. The molecule has 5 N–H and O–H groups in total. The Morgan fingerprint density at radius 2 is 1.10 bits per heavy atom. The van der Waals surface area contributed by atoms with E-state index in [0.717, 1.165) is 66.3 Å². The molecule has 14 nitrogen and oxygen atoms in total. The van der Waals surface area contributed by atoms with Gasteiger partial charge in [-0.2, -0.15) is 0 Å². The predicted octanol–water partition coefficient (Wildman–Crippen LogP) is 6.73. The Bertz CT molecular complexity index is 2210. The van der Waals surface area contributed by atoms with E-state index >= 15 is 0 Å². The second-order valence-electron chi connectivity index (χ2n) is 17.7. The van der Waals surface area contributed by atoms with Gasteiger partial charge in [0.1, 0.15) is 23.7 Å². The van der Waals surface area contributed by atoms with Gasteiger partial charge >= 0.3 is 12.2 Å². The fraction of sp³-hybridized carbons (Fsp3) is 0.500. The summed E-state index contributed by atoms with van der Waals surface area (Å²) in [6.07, 6.45) is 6.59. The van der Waals surface area contributed by atoms with Crippen LogP contribution in [0.25, 0.3) is 22.5 Å². The first-order chi connectivity index (χ1) is 27.9. The number of methoxy groups -OCH3 is 1. The second-order valence-corrected chi connectivity index (χ2v) is 17.7. The van der Waals surface area contributed by atoms with Crippen LogP contribution in [0.5, 0.6) is 0 Å². The van der Waals surface area contributed by atoms with Gasteiger partial charge in [0.2, 0.25) is 11.8 Å². The fourth-order valence-electron chi connectivity index (χ4n) is 9.76. The van der Waals surface area contributed by atoms with E-state index in [-0.39, 0.29) is 47.8 Å². The number of nitrogens with one attached hydrogen (secondary N) is 4. The van der Waals surface area contributed by atoms with Gasteiger partial charge in [-0.25, -0.2) is 19.6 Å². The molecule has 14 heteroatoms. The van der Waals surface area contributed by atoms with E-state index in [1.165, 1.54) is 18.2 Å². The summed E-state index contributed by atoms with van der Waals surface area (Å²) in [4.78, 5) is 71.2. The van der Waals surface area contributed by atoms with Gasteiger partial charge in [0.05, 0.1) is 43.0 Å². The molecule has 4 amide bonds. The Kier molecular flexibility index (Phi) is 9.55. The zero-order chi connectivity index (χ0) is 40.6. The summed E-state index contributed by atoms with van der Waals surface area (Å²) in [5, 5.41) is 14.5. The topological polar surface area (TPSA) is 186 Å². The lowest BCUT2D eigenvalue weighted by Crippen LogP contribution is -2.52. The van der Waals surface area contributed by atoms with Crippen molar-refractivity contribution in [3.8, 4) is 22.5 Å². The van der Waals surface area contributed by atoms with E-state index < -0.39 is 24.3 Å². The Labute approximate surface area is 337 Å². The van der Waals surface area contributed by atoms with Crippen molar-refractivity contribution < 1.29 is 29.0 Å². The number of carbonyl (C=O) groups is 4. The number of carbonyl (C=O) groups excluding carboxylic acids is 3. The highest BCUT2D eigenvalue weighted by atomic mass is 16.5. The maximum absolute atomic E-state index is 13.8. The molecule has 58 heavy (non-hydrogen) atoms. The summed E-state index contributed by atoms with van der Waals surface area (Å²) in [5.74, 6) is 2.76. The average Bonchev–Trinajstić information content (AvgIpc) is 4.14. The number of nitrogens with zero attached hydrogens (tertiary/aromatic N) is 4. The Balaban J connectivity index is 0.829. The first kappa shape index (κ1) is 37.9. The highest BCUT2D eigenvalue weighted by Crippen LogP contribution is 2.56. The van der Waals surface area contributed by atoms with Gasteiger partial charge < -0.3 is 40.2 Å². The van der Waals surface area contributed by atoms with E-state index in [0.29, 0.717) is 23.7 Å². The number of imidazole rings is 2. The summed E-state index contributed by atoms with van der Waals surface area (Å²) in [5.41, 5.74) is 6.46. The smallest absolute Gasteiger partial charge is 0.407 e. The number of hydrogen-bond acceptors (Lipinski definition) is 7. The van der Waals surface area contributed by atoms with Crippen molar-refractivity contribution in [2.45, 2.75) is 108 Å². The molecule has 5 aliphatic rings. The van der Waals surface area contributed by atoms with Crippen LogP contribution >= 0.6 is 0 Å². The molecule has 4 aromatic rings. The minimum Gasteiger partial charge on any atom is -0.465 e. The molecule has 2 aliphatic heterocycles. The lowest BCUT2D eigenvalue weighted by atomic mass is 10.0. The highest BCUT2D eigenvalue weighted by molar-refractivity contribution is 5.88. The van der Waals surface area contributed by atoms with Gasteiger partial charge in [0, 0.05) is 12.1 Å². The zero-order valence-electron chi connectivity index (χ0n) is 33.5. The number of aromatic nitrogens is 4. The van der Waals surface area contributed by atoms with Crippen LogP contribution in [-0.2, 0) is 14.3 Å². The van der Waals surface area contributed by atoms with Crippen molar-refractivity contribution in [1.82, 2.24) is 40.4 Å². The Morgan fingerprint density at radius 1 is 0.672 bits per heavy atom. The number of ether oxygens (including phenoxy) is 1. The maximum atomic E-state index is 13.8. The summed E-state index contributed by atoms with van der Waals surface area (Å²) in [6, 6.07) is 15.8. The quantitative estimate of drug-likeness (QED) is 0.105. The van der Waals surface area contributed by atoms with Crippen LogP contribution in [0.4, 0.5) is 9.59 Å². The van der Waals surface area contributed by atoms with Gasteiger partial charge in [0.25, 0.3) is 0 Å². The lowest BCUT2D eigenvalue weighted by Gasteiger charge is -2.31. The minimum atomic E-state index is -1.19. The third-order valence-corrected chi connectivity index (χ3v) is 13.2. The molecular formula is C44H52N8O6. The monoisotopic (exact) mass is 788 g/mol. The van der Waals surface area contributed by atoms with Crippen molar-refractivity contribution in [2.24, 2.45) is 23.7 Å². The van der Waals surface area contributed by atoms with Crippen LogP contribution in [0, 0.1) is 23.7 Å². The van der Waals surface area contributed by atoms with Crippen LogP contribution in [0.3, 0.4) is 0 Å². The van der Waals surface area contributed by atoms with Gasteiger partial charge in [-0.1, -0.05) is 76.2 Å². The average molecular weight is 789 g/mol. The largest absolute Gasteiger partial charge is 0.465 e. The van der Waals surface area contributed by atoms with Gasteiger partial charge in [-0.15, -0.1) is 0 Å². The first-order valence-corrected chi connectivity index (χ1v) is 20.7. The number of aromatic amines is 2. The van der Waals surface area contributed by atoms with Gasteiger partial charge in [-0.05, 0) is 89.9 Å². The van der Waals surface area contributed by atoms with Crippen LogP contribution in [0.15, 0.2) is 60.9 Å². The third kappa shape index (κ3) is 7.00. The number of rotatable bonds is 12. The number of carboxylic acid groups (broad SMARTS) is 1. The molecule has 5 fully saturated rings. The first-order valence-electron chi connectivity index (χ1n) is 20.7. The van der Waals surface area contributed by atoms with Crippen molar-refractivity contribution in [3.05, 3.63) is 83.7 Å². The van der Waals surface area contributed by atoms with Crippen molar-refractivity contribution >= 4 is 24.0 Å². The second kappa shape index (κ2) is 14.6. The maximum Gasteiger partial charge on any atom is 0.407 e. The molecule has 3 aliphatic carbocycles. The normalized spacial score (nSPS) is 27.5. The number of alkyl carbamates (subject to hydrolysis) is 1. The number of H-pyrrole nitrogens is 2. The molecule has 2 aromatic heterocycles. The molecule has 4 heterocycles. The van der Waals surface area contributed by atoms with Gasteiger partial charge in [-0.3, -0.25) is 9.59 Å². The molecule has 2 aromatic carbocycles. The molecule has 3 saturated carbocycles. The molecule has 9 rings (SSSR count). The molecule has 0 unspecified atom stereocenters. The van der Waals surface area contributed by atoms with Crippen LogP contribution < -0.4 is 10.6 Å². The summed E-state index contributed by atoms with van der Waals surface area (Å²) in [7, 11) is 1.31. The van der Waals surface area contributed by atoms with Crippen molar-refractivity contribution in [1.29, 1.82) is 0 Å². The number of benzene rings is 2. The molecule has 2 saturated heterocycles. The predicted molar refractivity (Wildman–Crippen MR) is 214 cm³/mol. The number of likely N-dealkylation sites (tertiary alicyclic amines) is 2. The Morgan fingerprint density at radius 3 is 1.50 bits per heavy atom. The van der Waals surface area contributed by atoms with Crippen LogP contribution in [0.2, 0.25) is 0 Å². The van der Waals surface area contributed by atoms with Crippen LogP contribution in [0.1, 0.15) is 106 Å². The molecular weight excluding hydrogens is 737 g/mol. The minimum absolute atomic E-state index is 0.0896. The van der Waals surface area contributed by atoms with E-state index in [9.17, 15) is 24.3 Å². The molecule has 0 bridgehead atoms. The molecule has 0 radical (unpaired) electrons. The summed E-state index contributed by atoms with van der Waals surface area (Å²) in [6.45, 7) is 7.57. The van der Waals surface area contributed by atoms with E-state index in [4.69, 9.17) is 14.7 Å². The van der Waals surface area contributed by atoms with Crippen molar-refractivity contribution in [2.75, 3.05) is 7.11 Å². The van der Waals surface area contributed by atoms with Gasteiger partial charge in [0.15, 0.2) is 0 Å². The lowest BCUT2D eigenvalue weighted by molar-refractivity contribution is -0.137. The van der Waals surface area contributed by atoms with E-state index in [1.807, 2.05) is 49.9 Å². The zero-order valence-corrected chi connectivity index (χ0v) is 33.5.